The molecular weight excluding hydrogens is 566 g/mol. The Labute approximate surface area is 231 Å². The Morgan fingerprint density at radius 1 is 0.595 bits per heavy atom. The minimum Gasteiger partial charge on any atom is -0.436 e. The first-order valence-corrected chi connectivity index (χ1v) is 12.1. The highest BCUT2D eigenvalue weighted by atomic mass is 19.4. The molecule has 0 unspecified atom stereocenters. The Balaban J connectivity index is 1.28. The summed E-state index contributed by atoms with van der Waals surface area (Å²) in [6.45, 7) is 0. The summed E-state index contributed by atoms with van der Waals surface area (Å²) in [6, 6.07) is 15.3. The van der Waals surface area contributed by atoms with Crippen LogP contribution in [-0.4, -0.2) is 15.8 Å². The van der Waals surface area contributed by atoms with E-state index >= 15 is 0 Å². The molecule has 0 radical (unpaired) electrons. The van der Waals surface area contributed by atoms with Crippen LogP contribution in [0.5, 0.6) is 0 Å². The molecule has 13 heteroatoms. The Morgan fingerprint density at radius 3 is 1.36 bits per heavy atom. The van der Waals surface area contributed by atoms with Gasteiger partial charge < -0.3 is 20.3 Å². The van der Waals surface area contributed by atoms with Crippen molar-refractivity contribution in [2.24, 2.45) is 0 Å². The second-order valence-electron chi connectivity index (χ2n) is 9.33. The third-order valence-electron chi connectivity index (χ3n) is 6.51. The maximum Gasteiger partial charge on any atom is 0.418 e. The third kappa shape index (κ3) is 4.78. The fourth-order valence-corrected chi connectivity index (χ4v) is 4.45. The lowest BCUT2D eigenvalue weighted by molar-refractivity contribution is -0.137. The molecule has 0 bridgehead atoms. The molecule has 7 nitrogen and oxygen atoms in total. The van der Waals surface area contributed by atoms with Crippen molar-refractivity contribution in [1.82, 2.24) is 9.97 Å². The average Bonchev–Trinajstić information content (AvgIpc) is 3.54. The number of rotatable bonds is 4. The number of anilines is 2. The minimum atomic E-state index is -4.61. The maximum atomic E-state index is 13.3. The van der Waals surface area contributed by atoms with E-state index in [1.54, 1.807) is 0 Å². The number of ketones is 1. The molecule has 4 N–H and O–H groups in total. The average molecular weight is 582 g/mol. The third-order valence-corrected chi connectivity index (χ3v) is 6.51. The zero-order valence-corrected chi connectivity index (χ0v) is 21.0. The lowest BCUT2D eigenvalue weighted by Crippen LogP contribution is -2.08. The Morgan fingerprint density at radius 2 is 1.00 bits per heavy atom. The summed E-state index contributed by atoms with van der Waals surface area (Å²) in [5, 5.41) is 0. The molecule has 2 aromatic heterocycles. The predicted octanol–water partition coefficient (Wildman–Crippen LogP) is 7.74. The maximum absolute atomic E-state index is 13.3. The van der Waals surface area contributed by atoms with Gasteiger partial charge in [-0.1, -0.05) is 0 Å². The van der Waals surface area contributed by atoms with Crippen molar-refractivity contribution < 1.29 is 40.0 Å². The summed E-state index contributed by atoms with van der Waals surface area (Å²) < 4.78 is 89.7. The molecule has 0 aliphatic heterocycles. The minimum absolute atomic E-state index is 0.0227. The van der Waals surface area contributed by atoms with Crippen molar-refractivity contribution >= 4 is 39.4 Å². The van der Waals surface area contributed by atoms with Crippen LogP contribution in [0.15, 0.2) is 81.6 Å². The SMILES string of the molecule is Nc1cc(-c2nc3ccc(C(=O)c4ccc5nc(-c6ccc(C(F)(F)F)c(N)c6)oc5c4)cc3o2)ccc1C(F)(F)F. The number of hydrogen-bond acceptors (Lipinski definition) is 7. The molecule has 4 aromatic carbocycles. The zero-order chi connectivity index (χ0) is 30.0. The number of benzene rings is 4. The van der Waals surface area contributed by atoms with E-state index in [4.69, 9.17) is 20.3 Å². The second-order valence-corrected chi connectivity index (χ2v) is 9.33. The van der Waals surface area contributed by atoms with Gasteiger partial charge in [-0.2, -0.15) is 26.3 Å². The summed E-state index contributed by atoms with van der Waals surface area (Å²) in [5.74, 6) is -0.365. The van der Waals surface area contributed by atoms with Gasteiger partial charge in [-0.05, 0) is 72.8 Å². The first-order chi connectivity index (χ1) is 19.8. The number of fused-ring (bicyclic) bond motifs is 2. The predicted molar refractivity (Wildman–Crippen MR) is 141 cm³/mol. The topological polar surface area (TPSA) is 121 Å². The number of nitrogens with zero attached hydrogens (tertiary/aromatic N) is 2. The molecule has 0 amide bonds. The Kier molecular flexibility index (Phi) is 5.99. The van der Waals surface area contributed by atoms with Crippen molar-refractivity contribution in [3.05, 3.63) is 95.1 Å². The number of carbonyl (C=O) groups excluding carboxylic acids is 1. The largest absolute Gasteiger partial charge is 0.436 e. The smallest absolute Gasteiger partial charge is 0.418 e. The van der Waals surface area contributed by atoms with Gasteiger partial charge in [0.15, 0.2) is 16.9 Å². The van der Waals surface area contributed by atoms with Gasteiger partial charge in [0.05, 0.1) is 11.1 Å². The fourth-order valence-electron chi connectivity index (χ4n) is 4.45. The van der Waals surface area contributed by atoms with Gasteiger partial charge in [0.1, 0.15) is 11.0 Å². The van der Waals surface area contributed by atoms with Crippen LogP contribution in [-0.2, 0) is 12.4 Å². The number of halogens is 6. The molecule has 0 atom stereocenters. The van der Waals surface area contributed by atoms with Crippen molar-refractivity contribution in [3.63, 3.8) is 0 Å². The van der Waals surface area contributed by atoms with Crippen molar-refractivity contribution in [2.75, 3.05) is 11.5 Å². The van der Waals surface area contributed by atoms with Crippen LogP contribution in [0.1, 0.15) is 27.0 Å². The summed E-state index contributed by atoms with van der Waals surface area (Å²) in [4.78, 5) is 21.8. The summed E-state index contributed by atoms with van der Waals surface area (Å²) in [5.41, 5.74) is 10.3. The van der Waals surface area contributed by atoms with E-state index in [2.05, 4.69) is 9.97 Å². The molecule has 0 aliphatic rings. The first kappa shape index (κ1) is 26.9. The quantitative estimate of drug-likeness (QED) is 0.124. The Bertz CT molecular complexity index is 1880. The molecule has 0 saturated carbocycles. The molecule has 0 aliphatic carbocycles. The number of hydrogen-bond donors (Lipinski definition) is 2. The molecule has 2 heterocycles. The number of alkyl halides is 6. The van der Waals surface area contributed by atoms with E-state index in [1.807, 2.05) is 0 Å². The molecule has 42 heavy (non-hydrogen) atoms. The normalized spacial score (nSPS) is 12.3. The van der Waals surface area contributed by atoms with Gasteiger partial charge in [0.25, 0.3) is 0 Å². The molecule has 0 fully saturated rings. The number of carbonyl (C=O) groups is 1. The monoisotopic (exact) mass is 582 g/mol. The zero-order valence-electron chi connectivity index (χ0n) is 21.0. The highest BCUT2D eigenvalue weighted by Crippen LogP contribution is 2.37. The summed E-state index contributed by atoms with van der Waals surface area (Å²) in [6.07, 6.45) is -9.21. The Hall–Kier alpha value is -5.33. The van der Waals surface area contributed by atoms with E-state index in [9.17, 15) is 31.1 Å². The van der Waals surface area contributed by atoms with Crippen LogP contribution >= 0.6 is 0 Å². The van der Waals surface area contributed by atoms with Crippen LogP contribution < -0.4 is 11.5 Å². The van der Waals surface area contributed by atoms with Crippen LogP contribution in [0, 0.1) is 0 Å². The van der Waals surface area contributed by atoms with E-state index in [-0.39, 0.29) is 45.2 Å². The van der Waals surface area contributed by atoms with E-state index in [0.717, 1.165) is 24.3 Å². The van der Waals surface area contributed by atoms with E-state index < -0.39 is 40.6 Å². The lowest BCUT2D eigenvalue weighted by atomic mass is 10.0. The van der Waals surface area contributed by atoms with E-state index in [0.29, 0.717) is 11.0 Å². The molecular formula is C29H16F6N4O3. The molecule has 212 valence electrons. The molecule has 6 rings (SSSR count). The molecule has 0 spiro atoms. The van der Waals surface area contributed by atoms with Gasteiger partial charge in [-0.3, -0.25) is 4.79 Å². The number of oxazole rings is 2. The van der Waals surface area contributed by atoms with Gasteiger partial charge in [-0.25, -0.2) is 9.97 Å². The van der Waals surface area contributed by atoms with Crippen molar-refractivity contribution in [1.29, 1.82) is 0 Å². The van der Waals surface area contributed by atoms with Crippen LogP contribution in [0.2, 0.25) is 0 Å². The number of nitrogen functional groups attached to an aromatic ring is 2. The highest BCUT2D eigenvalue weighted by molar-refractivity contribution is 6.11. The van der Waals surface area contributed by atoms with Gasteiger partial charge >= 0.3 is 12.4 Å². The van der Waals surface area contributed by atoms with Crippen molar-refractivity contribution in [3.8, 4) is 22.9 Å². The van der Waals surface area contributed by atoms with Gasteiger partial charge in [0, 0.05) is 33.6 Å². The molecule has 0 saturated heterocycles. The second kappa shape index (κ2) is 9.36. The van der Waals surface area contributed by atoms with Crippen LogP contribution in [0.3, 0.4) is 0 Å². The summed E-state index contributed by atoms with van der Waals surface area (Å²) >= 11 is 0. The first-order valence-electron chi connectivity index (χ1n) is 12.1. The fraction of sp³-hybridized carbons (Fsp3) is 0.0690. The number of nitrogens with two attached hydrogens (primary N) is 2. The summed E-state index contributed by atoms with van der Waals surface area (Å²) in [7, 11) is 0. The van der Waals surface area contributed by atoms with Gasteiger partial charge in [0.2, 0.25) is 11.8 Å². The molecule has 6 aromatic rings. The van der Waals surface area contributed by atoms with Crippen LogP contribution in [0.4, 0.5) is 37.7 Å². The standard InChI is InChI=1S/C29H16F6N4O3/c30-28(31,32)17-5-1-15(9-19(17)36)26-38-21-7-3-13(11-23(21)41-26)25(40)14-4-8-22-24(12-14)42-27(39-22)16-2-6-18(20(37)10-16)29(33,34)35/h1-12H,36-37H2. The highest BCUT2D eigenvalue weighted by Gasteiger charge is 2.34. The van der Waals surface area contributed by atoms with Crippen LogP contribution in [0.25, 0.3) is 45.1 Å². The number of aromatic nitrogens is 2. The lowest BCUT2D eigenvalue weighted by Gasteiger charge is -2.10. The van der Waals surface area contributed by atoms with Gasteiger partial charge in [-0.15, -0.1) is 0 Å². The van der Waals surface area contributed by atoms with Crippen molar-refractivity contribution in [2.45, 2.75) is 12.4 Å². The van der Waals surface area contributed by atoms with E-state index in [1.165, 1.54) is 48.5 Å².